The lowest BCUT2D eigenvalue weighted by molar-refractivity contribution is -0.119. The molecule has 0 fully saturated rings. The molecule has 0 bridgehead atoms. The maximum absolute atomic E-state index is 13.0. The maximum Gasteiger partial charge on any atom is 0.434 e. The highest BCUT2D eigenvalue weighted by molar-refractivity contribution is 7.92. The Labute approximate surface area is 213 Å². The summed E-state index contributed by atoms with van der Waals surface area (Å²) in [6.45, 7) is 2.29. The van der Waals surface area contributed by atoms with E-state index in [0.29, 0.717) is 11.1 Å². The zero-order chi connectivity index (χ0) is 27.4. The SMILES string of the molecule is CC(C)S(=O)(=O)[N+](C)(C(N)=O)c1cc(Cl)cc(C(=O)NCc2ccc(C(=N)N)cc2OCC(N)=O)c1. The number of hydrogen-bond donors (Lipinski definition) is 5. The summed E-state index contributed by atoms with van der Waals surface area (Å²) in [4.78, 5) is 36.4. The second-order valence-corrected chi connectivity index (χ2v) is 11.3. The quantitative estimate of drug-likeness (QED) is 0.169. The number of ether oxygens (including phenoxy) is 1. The molecule has 2 aromatic carbocycles. The van der Waals surface area contributed by atoms with E-state index in [4.69, 9.17) is 38.9 Å². The van der Waals surface area contributed by atoms with Gasteiger partial charge >= 0.3 is 16.1 Å². The lowest BCUT2D eigenvalue weighted by Gasteiger charge is -2.29. The van der Waals surface area contributed by atoms with Crippen LogP contribution in [0.15, 0.2) is 36.4 Å². The number of carbonyl (C=O) groups is 3. The van der Waals surface area contributed by atoms with Gasteiger partial charge in [0.1, 0.15) is 16.8 Å². The lowest BCUT2D eigenvalue weighted by Crippen LogP contribution is -2.60. The smallest absolute Gasteiger partial charge is 0.434 e. The molecule has 0 spiro atoms. The van der Waals surface area contributed by atoms with E-state index in [0.717, 1.165) is 7.05 Å². The largest absolute Gasteiger partial charge is 0.483 e. The molecule has 0 aliphatic carbocycles. The number of urea groups is 1. The summed E-state index contributed by atoms with van der Waals surface area (Å²) in [5.74, 6) is -1.42. The van der Waals surface area contributed by atoms with Gasteiger partial charge in [-0.25, -0.2) is 4.79 Å². The number of rotatable bonds is 10. The Kier molecular flexibility index (Phi) is 8.67. The molecule has 8 N–H and O–H groups in total. The number of sulfonamides is 1. The fourth-order valence-corrected chi connectivity index (χ4v) is 4.92. The summed E-state index contributed by atoms with van der Waals surface area (Å²) in [7, 11) is -3.03. The lowest BCUT2D eigenvalue weighted by atomic mass is 10.1. The first-order valence-corrected chi connectivity index (χ1v) is 12.4. The third kappa shape index (κ3) is 5.93. The number of quaternary nitrogens is 1. The topological polar surface area (TPSA) is 209 Å². The molecule has 36 heavy (non-hydrogen) atoms. The Balaban J connectivity index is 2.41. The number of amides is 4. The van der Waals surface area contributed by atoms with Crippen molar-refractivity contribution in [2.24, 2.45) is 17.2 Å². The number of carbonyl (C=O) groups excluding carboxylic acids is 3. The minimum absolute atomic E-state index is 0.0125. The van der Waals surface area contributed by atoms with Crippen molar-refractivity contribution in [2.75, 3.05) is 13.7 Å². The van der Waals surface area contributed by atoms with Crippen LogP contribution in [0.2, 0.25) is 5.02 Å². The van der Waals surface area contributed by atoms with Crippen LogP contribution in [-0.4, -0.2) is 51.0 Å². The van der Waals surface area contributed by atoms with E-state index in [1.54, 1.807) is 6.07 Å². The number of primary amides is 2. The van der Waals surface area contributed by atoms with E-state index >= 15 is 0 Å². The van der Waals surface area contributed by atoms with Gasteiger partial charge in [-0.3, -0.25) is 15.0 Å². The van der Waals surface area contributed by atoms with Crippen LogP contribution in [0.25, 0.3) is 0 Å². The predicted octanol–water partition coefficient (Wildman–Crippen LogP) is 1.17. The first-order valence-electron chi connectivity index (χ1n) is 10.5. The summed E-state index contributed by atoms with van der Waals surface area (Å²) in [6, 6.07) is 7.11. The predicted molar refractivity (Wildman–Crippen MR) is 136 cm³/mol. The molecule has 194 valence electrons. The minimum atomic E-state index is -4.14. The molecule has 0 saturated heterocycles. The summed E-state index contributed by atoms with van der Waals surface area (Å²) in [6.07, 6.45) is 0. The van der Waals surface area contributed by atoms with Gasteiger partial charge in [-0.1, -0.05) is 23.7 Å². The second kappa shape index (κ2) is 10.9. The van der Waals surface area contributed by atoms with Gasteiger partial charge in [0.05, 0.1) is 7.05 Å². The summed E-state index contributed by atoms with van der Waals surface area (Å²) in [5, 5.41) is 9.26. The van der Waals surface area contributed by atoms with Crippen LogP contribution >= 0.6 is 11.6 Å². The Hall–Kier alpha value is -3.68. The van der Waals surface area contributed by atoms with Crippen molar-refractivity contribution in [1.29, 1.82) is 5.41 Å². The molecule has 0 radical (unpaired) electrons. The highest BCUT2D eigenvalue weighted by Crippen LogP contribution is 2.32. The van der Waals surface area contributed by atoms with E-state index in [1.807, 2.05) is 0 Å². The van der Waals surface area contributed by atoms with Gasteiger partial charge in [-0.05, 0) is 26.0 Å². The highest BCUT2D eigenvalue weighted by atomic mass is 35.5. The summed E-state index contributed by atoms with van der Waals surface area (Å²) in [5.41, 5.74) is 16.7. The van der Waals surface area contributed by atoms with Crippen LogP contribution in [0.3, 0.4) is 0 Å². The molecule has 0 saturated carbocycles. The Bertz CT molecular complexity index is 1330. The van der Waals surface area contributed by atoms with Crippen molar-refractivity contribution in [3.8, 4) is 5.75 Å². The van der Waals surface area contributed by atoms with Crippen LogP contribution in [0.1, 0.15) is 35.3 Å². The zero-order valence-corrected chi connectivity index (χ0v) is 21.4. The highest BCUT2D eigenvalue weighted by Gasteiger charge is 2.48. The second-order valence-electron chi connectivity index (χ2n) is 8.20. The number of halogens is 1. The fraction of sp³-hybridized carbons (Fsp3) is 0.273. The number of hydrogen-bond acceptors (Lipinski definition) is 7. The number of nitrogens with two attached hydrogens (primary N) is 3. The van der Waals surface area contributed by atoms with E-state index in [1.165, 1.54) is 44.2 Å². The molecule has 1 unspecified atom stereocenters. The minimum Gasteiger partial charge on any atom is -0.483 e. The molecule has 0 aliphatic heterocycles. The molecular weight excluding hydrogens is 512 g/mol. The zero-order valence-electron chi connectivity index (χ0n) is 19.9. The third-order valence-electron chi connectivity index (χ3n) is 5.35. The first-order chi connectivity index (χ1) is 16.6. The van der Waals surface area contributed by atoms with Gasteiger partial charge in [0, 0.05) is 40.4 Å². The van der Waals surface area contributed by atoms with Gasteiger partial charge in [0.2, 0.25) is 0 Å². The average Bonchev–Trinajstić information content (AvgIpc) is 2.79. The van der Waals surface area contributed by atoms with Crippen molar-refractivity contribution < 1.29 is 27.5 Å². The molecule has 4 amide bonds. The van der Waals surface area contributed by atoms with Crippen molar-refractivity contribution in [3.05, 3.63) is 58.1 Å². The van der Waals surface area contributed by atoms with Gasteiger partial charge < -0.3 is 27.3 Å². The van der Waals surface area contributed by atoms with Crippen molar-refractivity contribution >= 4 is 51.0 Å². The van der Waals surface area contributed by atoms with Crippen LogP contribution in [0, 0.1) is 5.41 Å². The number of nitrogens with one attached hydrogen (secondary N) is 2. The molecule has 0 aromatic heterocycles. The molecule has 12 nitrogen and oxygen atoms in total. The Morgan fingerprint density at radius 3 is 2.25 bits per heavy atom. The number of amidine groups is 1. The van der Waals surface area contributed by atoms with Gasteiger partial charge in [-0.2, -0.15) is 8.42 Å². The van der Waals surface area contributed by atoms with E-state index in [2.05, 4.69) is 5.32 Å². The number of nitrogen functional groups attached to an aromatic ring is 1. The van der Waals surface area contributed by atoms with Crippen LogP contribution in [-0.2, 0) is 21.4 Å². The number of nitrogens with zero attached hydrogens (tertiary/aromatic N) is 1. The summed E-state index contributed by atoms with van der Waals surface area (Å²) >= 11 is 6.16. The van der Waals surface area contributed by atoms with Gasteiger partial charge in [-0.15, -0.1) is 3.89 Å². The molecule has 14 heteroatoms. The van der Waals surface area contributed by atoms with E-state index in [-0.39, 0.29) is 34.4 Å². The van der Waals surface area contributed by atoms with Crippen LogP contribution in [0.5, 0.6) is 5.75 Å². The normalized spacial score (nSPS) is 13.0. The van der Waals surface area contributed by atoms with Gasteiger partial charge in [0.25, 0.3) is 11.8 Å². The van der Waals surface area contributed by atoms with Crippen molar-refractivity contribution in [1.82, 2.24) is 9.21 Å². The van der Waals surface area contributed by atoms with Gasteiger partial charge in [0.15, 0.2) is 12.3 Å². The molecule has 0 heterocycles. The molecule has 0 aliphatic rings. The molecular formula is C22H28ClN6O6S+. The standard InChI is InChI=1S/C22H27ClN6O6S/c1-12(2)36(33,34)29(3,22(27)32)17-7-15(6-16(23)9-17)21(31)28-10-14-5-4-13(20(25)26)8-18(14)35-11-19(24)30/h4-9,12H,10-11H2,1-3H3,(H7-,24,25,26,27,28,30,31,32)/p+1. The molecule has 1 atom stereocenters. The van der Waals surface area contributed by atoms with Crippen molar-refractivity contribution in [2.45, 2.75) is 25.6 Å². The van der Waals surface area contributed by atoms with E-state index < -0.39 is 43.6 Å². The molecule has 2 rings (SSSR count). The summed E-state index contributed by atoms with van der Waals surface area (Å²) < 4.78 is 30.0. The van der Waals surface area contributed by atoms with E-state index in [9.17, 15) is 22.8 Å². The monoisotopic (exact) mass is 539 g/mol. The fourth-order valence-electron chi connectivity index (χ4n) is 3.20. The third-order valence-corrected chi connectivity index (χ3v) is 8.17. The number of benzene rings is 2. The Morgan fingerprint density at radius 1 is 1.08 bits per heavy atom. The molecule has 2 aromatic rings. The van der Waals surface area contributed by atoms with Crippen LogP contribution in [0.4, 0.5) is 10.5 Å². The van der Waals surface area contributed by atoms with Crippen molar-refractivity contribution in [3.63, 3.8) is 0 Å². The Morgan fingerprint density at radius 2 is 1.72 bits per heavy atom. The van der Waals surface area contributed by atoms with Crippen LogP contribution < -0.4 is 31.1 Å². The first kappa shape index (κ1) is 28.6. The average molecular weight is 540 g/mol. The maximum atomic E-state index is 13.0.